The minimum Gasteiger partial charge on any atom is -0.313 e. The third-order valence-corrected chi connectivity index (χ3v) is 5.64. The van der Waals surface area contributed by atoms with Gasteiger partial charge in [-0.1, -0.05) is 32.0 Å². The lowest BCUT2D eigenvalue weighted by Crippen LogP contribution is -2.42. The molecule has 0 bridgehead atoms. The molecule has 19 heavy (non-hydrogen) atoms. The van der Waals surface area contributed by atoms with Crippen molar-refractivity contribution in [3.8, 4) is 0 Å². The van der Waals surface area contributed by atoms with Crippen molar-refractivity contribution >= 4 is 11.8 Å². The van der Waals surface area contributed by atoms with Crippen LogP contribution in [0.3, 0.4) is 0 Å². The third-order valence-electron chi connectivity index (χ3n) is 4.25. The van der Waals surface area contributed by atoms with Gasteiger partial charge in [-0.15, -0.1) is 10.2 Å². The zero-order valence-corrected chi connectivity index (χ0v) is 13.3. The van der Waals surface area contributed by atoms with Gasteiger partial charge in [0.05, 0.1) is 0 Å². The number of rotatable bonds is 5. The fourth-order valence-corrected chi connectivity index (χ4v) is 4.25. The van der Waals surface area contributed by atoms with Gasteiger partial charge in [0, 0.05) is 18.3 Å². The molecule has 4 nitrogen and oxygen atoms in total. The standard InChI is InChI=1S/C14H26N4S/c1-5-11-7-8-12(15-6-2)13(9-11)19-14-17-16-10(3)18(14)4/h11-13,15H,5-9H2,1-4H3. The summed E-state index contributed by atoms with van der Waals surface area (Å²) in [6.45, 7) is 7.57. The average Bonchev–Trinajstić information content (AvgIpc) is 2.73. The Morgan fingerprint density at radius 1 is 1.32 bits per heavy atom. The van der Waals surface area contributed by atoms with E-state index in [2.05, 4.69) is 41.0 Å². The first-order valence-electron chi connectivity index (χ1n) is 7.41. The van der Waals surface area contributed by atoms with Crippen LogP contribution in [0.25, 0.3) is 0 Å². The predicted octanol–water partition coefficient (Wildman–Crippen LogP) is 2.77. The average molecular weight is 282 g/mol. The molecule has 1 fully saturated rings. The van der Waals surface area contributed by atoms with Gasteiger partial charge >= 0.3 is 0 Å². The topological polar surface area (TPSA) is 42.7 Å². The van der Waals surface area contributed by atoms with Gasteiger partial charge in [-0.25, -0.2) is 0 Å². The van der Waals surface area contributed by atoms with Crippen LogP contribution in [0.15, 0.2) is 5.16 Å². The van der Waals surface area contributed by atoms with Crippen LogP contribution >= 0.6 is 11.8 Å². The van der Waals surface area contributed by atoms with E-state index in [-0.39, 0.29) is 0 Å². The van der Waals surface area contributed by atoms with E-state index in [9.17, 15) is 0 Å². The molecule has 1 aliphatic carbocycles. The number of thioether (sulfide) groups is 1. The maximum Gasteiger partial charge on any atom is 0.191 e. The molecule has 3 atom stereocenters. The van der Waals surface area contributed by atoms with E-state index in [1.807, 2.05) is 18.7 Å². The Morgan fingerprint density at radius 2 is 2.11 bits per heavy atom. The highest BCUT2D eigenvalue weighted by atomic mass is 32.2. The third kappa shape index (κ3) is 3.51. The fraction of sp³-hybridized carbons (Fsp3) is 0.857. The zero-order valence-electron chi connectivity index (χ0n) is 12.5. The van der Waals surface area contributed by atoms with Crippen molar-refractivity contribution in [1.82, 2.24) is 20.1 Å². The van der Waals surface area contributed by atoms with Gasteiger partial charge in [0.15, 0.2) is 5.16 Å². The summed E-state index contributed by atoms with van der Waals surface area (Å²) in [5, 5.41) is 13.8. The van der Waals surface area contributed by atoms with Crippen molar-refractivity contribution in [3.63, 3.8) is 0 Å². The van der Waals surface area contributed by atoms with Crippen molar-refractivity contribution in [3.05, 3.63) is 5.82 Å². The summed E-state index contributed by atoms with van der Waals surface area (Å²) in [6, 6.07) is 0.620. The molecule has 1 aliphatic rings. The molecular weight excluding hydrogens is 256 g/mol. The van der Waals surface area contributed by atoms with Crippen LogP contribution < -0.4 is 5.32 Å². The van der Waals surface area contributed by atoms with Crippen LogP contribution in [0.2, 0.25) is 0 Å². The van der Waals surface area contributed by atoms with Gasteiger partial charge < -0.3 is 9.88 Å². The van der Waals surface area contributed by atoms with E-state index in [0.717, 1.165) is 23.4 Å². The maximum absolute atomic E-state index is 4.30. The normalized spacial score (nSPS) is 27.7. The molecule has 0 aromatic carbocycles. The SMILES string of the molecule is CCNC1CCC(CC)CC1Sc1nnc(C)n1C. The Morgan fingerprint density at radius 3 is 2.68 bits per heavy atom. The van der Waals surface area contributed by atoms with Gasteiger partial charge in [0.1, 0.15) is 5.82 Å². The van der Waals surface area contributed by atoms with Crippen molar-refractivity contribution in [2.45, 2.75) is 62.9 Å². The molecule has 0 aliphatic heterocycles. The van der Waals surface area contributed by atoms with Crippen LogP contribution in [0, 0.1) is 12.8 Å². The van der Waals surface area contributed by atoms with Crippen LogP contribution in [-0.2, 0) is 7.05 Å². The van der Waals surface area contributed by atoms with Crippen molar-refractivity contribution in [1.29, 1.82) is 0 Å². The minimum absolute atomic E-state index is 0.620. The lowest BCUT2D eigenvalue weighted by molar-refractivity contribution is 0.297. The van der Waals surface area contributed by atoms with Crippen molar-refractivity contribution in [2.75, 3.05) is 6.54 Å². The molecule has 0 amide bonds. The number of nitrogens with one attached hydrogen (secondary N) is 1. The number of hydrogen-bond acceptors (Lipinski definition) is 4. The zero-order chi connectivity index (χ0) is 13.8. The largest absolute Gasteiger partial charge is 0.313 e. The molecule has 1 N–H and O–H groups in total. The molecule has 5 heteroatoms. The van der Waals surface area contributed by atoms with E-state index in [4.69, 9.17) is 0 Å². The van der Waals surface area contributed by atoms with Gasteiger partial charge in [-0.3, -0.25) is 0 Å². The number of aromatic nitrogens is 3. The second-order valence-electron chi connectivity index (χ2n) is 5.50. The smallest absolute Gasteiger partial charge is 0.191 e. The molecule has 1 aromatic rings. The molecule has 0 saturated heterocycles. The maximum atomic E-state index is 4.30. The first-order valence-corrected chi connectivity index (χ1v) is 8.29. The van der Waals surface area contributed by atoms with E-state index in [0.29, 0.717) is 11.3 Å². The Labute approximate surface area is 120 Å². The van der Waals surface area contributed by atoms with E-state index in [1.54, 1.807) is 0 Å². The highest BCUT2D eigenvalue weighted by Gasteiger charge is 2.31. The highest BCUT2D eigenvalue weighted by Crippen LogP contribution is 2.37. The molecule has 3 unspecified atom stereocenters. The van der Waals surface area contributed by atoms with Gasteiger partial charge in [0.25, 0.3) is 0 Å². The summed E-state index contributed by atoms with van der Waals surface area (Å²) in [4.78, 5) is 0. The summed E-state index contributed by atoms with van der Waals surface area (Å²) in [6.07, 6.45) is 5.25. The summed E-state index contributed by atoms with van der Waals surface area (Å²) >= 11 is 1.91. The van der Waals surface area contributed by atoms with Gasteiger partial charge in [-0.2, -0.15) is 0 Å². The Hall–Kier alpha value is -0.550. The van der Waals surface area contributed by atoms with E-state index in [1.165, 1.54) is 25.7 Å². The second kappa shape index (κ2) is 6.75. The van der Waals surface area contributed by atoms with E-state index >= 15 is 0 Å². The molecule has 0 spiro atoms. The quantitative estimate of drug-likeness (QED) is 0.902. The molecule has 1 heterocycles. The molecular formula is C14H26N4S. The minimum atomic E-state index is 0.620. The van der Waals surface area contributed by atoms with Crippen LogP contribution in [0.1, 0.15) is 45.4 Å². The Bertz CT molecular complexity index is 404. The lowest BCUT2D eigenvalue weighted by Gasteiger charge is -2.35. The van der Waals surface area contributed by atoms with Crippen molar-refractivity contribution in [2.24, 2.45) is 13.0 Å². The Kier molecular flexibility index (Phi) is 5.28. The predicted molar refractivity (Wildman–Crippen MR) is 80.5 cm³/mol. The molecule has 108 valence electrons. The van der Waals surface area contributed by atoms with Crippen LogP contribution in [0.4, 0.5) is 0 Å². The first-order chi connectivity index (χ1) is 9.15. The van der Waals surface area contributed by atoms with Crippen LogP contribution in [-0.4, -0.2) is 32.6 Å². The number of nitrogens with zero attached hydrogens (tertiary/aromatic N) is 3. The lowest BCUT2D eigenvalue weighted by atomic mass is 9.84. The number of hydrogen-bond donors (Lipinski definition) is 1. The second-order valence-corrected chi connectivity index (χ2v) is 6.70. The Balaban J connectivity index is 2.06. The summed E-state index contributed by atoms with van der Waals surface area (Å²) in [5.41, 5.74) is 0. The van der Waals surface area contributed by atoms with E-state index < -0.39 is 0 Å². The fourth-order valence-electron chi connectivity index (χ4n) is 2.83. The van der Waals surface area contributed by atoms with Crippen molar-refractivity contribution < 1.29 is 0 Å². The summed E-state index contributed by atoms with van der Waals surface area (Å²) < 4.78 is 2.10. The molecule has 2 rings (SSSR count). The monoisotopic (exact) mass is 282 g/mol. The van der Waals surface area contributed by atoms with Gasteiger partial charge in [-0.05, 0) is 38.6 Å². The molecule has 1 aromatic heterocycles. The van der Waals surface area contributed by atoms with Gasteiger partial charge in [0.2, 0.25) is 0 Å². The highest BCUT2D eigenvalue weighted by molar-refractivity contribution is 7.99. The summed E-state index contributed by atoms with van der Waals surface area (Å²) in [5.74, 6) is 1.87. The first kappa shape index (κ1) is 14.9. The number of aryl methyl sites for hydroxylation is 1. The molecule has 0 radical (unpaired) electrons. The summed E-state index contributed by atoms with van der Waals surface area (Å²) in [7, 11) is 2.06. The molecule has 1 saturated carbocycles. The van der Waals surface area contributed by atoms with Crippen LogP contribution in [0.5, 0.6) is 0 Å².